The minimum absolute atomic E-state index is 0.373. The molecule has 0 spiro atoms. The van der Waals surface area contributed by atoms with Gasteiger partial charge in [-0.15, -0.1) is 0 Å². The summed E-state index contributed by atoms with van der Waals surface area (Å²) in [6.45, 7) is 4.25. The summed E-state index contributed by atoms with van der Waals surface area (Å²) in [5, 5.41) is 0. The van der Waals surface area contributed by atoms with Gasteiger partial charge in [-0.2, -0.15) is 0 Å². The third-order valence-corrected chi connectivity index (χ3v) is 1.32. The molecule has 0 aliphatic heterocycles. The van der Waals surface area contributed by atoms with E-state index < -0.39 is 0 Å². The second-order valence-corrected chi connectivity index (χ2v) is 2.63. The van der Waals surface area contributed by atoms with Crippen LogP contribution in [-0.4, -0.2) is 6.04 Å². The first-order valence-electron chi connectivity index (χ1n) is 3.84. The van der Waals surface area contributed by atoms with Crippen molar-refractivity contribution in [1.82, 2.24) is 0 Å². The van der Waals surface area contributed by atoms with Crippen molar-refractivity contribution in [1.29, 1.82) is 0 Å². The van der Waals surface area contributed by atoms with Gasteiger partial charge in [-0.3, -0.25) is 0 Å². The Morgan fingerprint density at radius 1 is 1.44 bits per heavy atom. The second-order valence-electron chi connectivity index (χ2n) is 2.63. The molecule has 55 valence electrons. The predicted octanol–water partition coefficient (Wildman–Crippen LogP) is 2.12. The molecule has 9 heavy (non-hydrogen) atoms. The SMILES string of the molecule is CCC[CH]CCC(C)N. The fourth-order valence-electron chi connectivity index (χ4n) is 0.729. The van der Waals surface area contributed by atoms with Crippen molar-refractivity contribution in [3.8, 4) is 0 Å². The van der Waals surface area contributed by atoms with Crippen molar-refractivity contribution in [3.05, 3.63) is 6.42 Å². The first kappa shape index (κ1) is 8.96. The molecule has 2 N–H and O–H groups in total. The average Bonchev–Trinajstić information content (AvgIpc) is 1.80. The van der Waals surface area contributed by atoms with E-state index in [0.717, 1.165) is 6.42 Å². The Labute approximate surface area is 58.6 Å². The monoisotopic (exact) mass is 128 g/mol. The second kappa shape index (κ2) is 6.09. The van der Waals surface area contributed by atoms with Crippen LogP contribution in [0.5, 0.6) is 0 Å². The average molecular weight is 128 g/mol. The Kier molecular flexibility index (Phi) is 6.06. The van der Waals surface area contributed by atoms with Gasteiger partial charge in [0.05, 0.1) is 0 Å². The fourth-order valence-corrected chi connectivity index (χ4v) is 0.729. The van der Waals surface area contributed by atoms with Gasteiger partial charge in [-0.1, -0.05) is 19.8 Å². The fraction of sp³-hybridized carbons (Fsp3) is 0.875. The van der Waals surface area contributed by atoms with E-state index in [2.05, 4.69) is 20.3 Å². The molecule has 1 atom stereocenters. The third kappa shape index (κ3) is 7.96. The molecule has 1 unspecified atom stereocenters. The number of nitrogens with two attached hydrogens (primary N) is 1. The van der Waals surface area contributed by atoms with E-state index in [0.29, 0.717) is 6.04 Å². The molecule has 0 saturated heterocycles. The maximum Gasteiger partial charge on any atom is 0.00105 e. The molecule has 0 aliphatic rings. The Balaban J connectivity index is 2.75. The van der Waals surface area contributed by atoms with Gasteiger partial charge in [0, 0.05) is 6.04 Å². The summed E-state index contributed by atoms with van der Waals surface area (Å²) in [5.74, 6) is 0. The number of rotatable bonds is 5. The van der Waals surface area contributed by atoms with Crippen LogP contribution in [0.3, 0.4) is 0 Å². The molecule has 0 saturated carbocycles. The lowest BCUT2D eigenvalue weighted by molar-refractivity contribution is 0.644. The molecule has 0 aromatic rings. The normalized spacial score (nSPS) is 13.7. The molecule has 0 fully saturated rings. The van der Waals surface area contributed by atoms with Crippen molar-refractivity contribution in [3.63, 3.8) is 0 Å². The summed E-state index contributed by atoms with van der Waals surface area (Å²) in [5.41, 5.74) is 5.55. The molecule has 0 amide bonds. The Morgan fingerprint density at radius 2 is 2.11 bits per heavy atom. The van der Waals surface area contributed by atoms with E-state index >= 15 is 0 Å². The van der Waals surface area contributed by atoms with Crippen molar-refractivity contribution < 1.29 is 0 Å². The van der Waals surface area contributed by atoms with Crippen molar-refractivity contribution in [2.24, 2.45) is 5.73 Å². The highest BCUT2D eigenvalue weighted by Gasteiger charge is 1.92. The lowest BCUT2D eigenvalue weighted by atomic mass is 10.1. The standard InChI is InChI=1S/C8H18N/c1-3-4-5-6-7-8(2)9/h5,8H,3-4,6-7,9H2,1-2H3. The Hall–Kier alpha value is -0.0400. The van der Waals surface area contributed by atoms with E-state index in [1.54, 1.807) is 0 Å². The lowest BCUT2D eigenvalue weighted by Crippen LogP contribution is -2.13. The molecule has 0 bridgehead atoms. The van der Waals surface area contributed by atoms with E-state index in [-0.39, 0.29) is 0 Å². The Morgan fingerprint density at radius 3 is 2.56 bits per heavy atom. The van der Waals surface area contributed by atoms with Gasteiger partial charge in [-0.05, 0) is 26.2 Å². The van der Waals surface area contributed by atoms with Gasteiger partial charge in [0.15, 0.2) is 0 Å². The lowest BCUT2D eigenvalue weighted by Gasteiger charge is -2.01. The van der Waals surface area contributed by atoms with Crippen LogP contribution in [-0.2, 0) is 0 Å². The van der Waals surface area contributed by atoms with Crippen LogP contribution in [0, 0.1) is 6.42 Å². The highest BCUT2D eigenvalue weighted by molar-refractivity contribution is 4.66. The van der Waals surface area contributed by atoms with Crippen LogP contribution >= 0.6 is 0 Å². The van der Waals surface area contributed by atoms with Crippen LogP contribution in [0.15, 0.2) is 0 Å². The van der Waals surface area contributed by atoms with Crippen molar-refractivity contribution >= 4 is 0 Å². The highest BCUT2D eigenvalue weighted by atomic mass is 14.6. The highest BCUT2D eigenvalue weighted by Crippen LogP contribution is 2.01. The molecular formula is C8H18N. The molecule has 0 aliphatic carbocycles. The maximum atomic E-state index is 5.55. The number of unbranched alkanes of at least 4 members (excludes halogenated alkanes) is 3. The van der Waals surface area contributed by atoms with Gasteiger partial charge in [0.2, 0.25) is 0 Å². The van der Waals surface area contributed by atoms with Gasteiger partial charge < -0.3 is 5.73 Å². The molecule has 1 radical (unpaired) electrons. The predicted molar refractivity (Wildman–Crippen MR) is 42.1 cm³/mol. The van der Waals surface area contributed by atoms with Crippen LogP contribution in [0.2, 0.25) is 0 Å². The van der Waals surface area contributed by atoms with Crippen LogP contribution in [0.25, 0.3) is 0 Å². The quantitative estimate of drug-likeness (QED) is 0.564. The zero-order valence-electron chi connectivity index (χ0n) is 6.56. The maximum absolute atomic E-state index is 5.55. The molecular weight excluding hydrogens is 110 g/mol. The van der Waals surface area contributed by atoms with Gasteiger partial charge in [0.25, 0.3) is 0 Å². The number of hydrogen-bond donors (Lipinski definition) is 1. The van der Waals surface area contributed by atoms with Gasteiger partial charge >= 0.3 is 0 Å². The summed E-state index contributed by atoms with van der Waals surface area (Å²) in [6, 6.07) is 0.373. The van der Waals surface area contributed by atoms with Crippen LogP contribution < -0.4 is 5.73 Å². The molecule has 0 rings (SSSR count). The zero-order chi connectivity index (χ0) is 7.11. The van der Waals surface area contributed by atoms with E-state index in [1.807, 2.05) is 0 Å². The molecule has 1 heteroatoms. The third-order valence-electron chi connectivity index (χ3n) is 1.32. The van der Waals surface area contributed by atoms with Crippen LogP contribution in [0.4, 0.5) is 0 Å². The minimum Gasteiger partial charge on any atom is -0.328 e. The summed E-state index contributed by atoms with van der Waals surface area (Å²) in [4.78, 5) is 0. The largest absolute Gasteiger partial charge is 0.328 e. The van der Waals surface area contributed by atoms with E-state index in [4.69, 9.17) is 5.73 Å². The van der Waals surface area contributed by atoms with Crippen LogP contribution in [0.1, 0.15) is 39.5 Å². The number of hydrogen-bond acceptors (Lipinski definition) is 1. The van der Waals surface area contributed by atoms with Crippen molar-refractivity contribution in [2.45, 2.75) is 45.6 Å². The topological polar surface area (TPSA) is 26.0 Å². The smallest absolute Gasteiger partial charge is 0.00105 e. The van der Waals surface area contributed by atoms with Gasteiger partial charge in [-0.25, -0.2) is 0 Å². The summed E-state index contributed by atoms with van der Waals surface area (Å²) >= 11 is 0. The summed E-state index contributed by atoms with van der Waals surface area (Å²) in [6.07, 6.45) is 7.15. The molecule has 0 aromatic heterocycles. The van der Waals surface area contributed by atoms with Gasteiger partial charge in [0.1, 0.15) is 0 Å². The van der Waals surface area contributed by atoms with Crippen molar-refractivity contribution in [2.75, 3.05) is 0 Å². The van der Waals surface area contributed by atoms with E-state index in [1.165, 1.54) is 19.3 Å². The molecule has 0 heterocycles. The summed E-state index contributed by atoms with van der Waals surface area (Å²) < 4.78 is 0. The zero-order valence-corrected chi connectivity index (χ0v) is 6.56. The van der Waals surface area contributed by atoms with E-state index in [9.17, 15) is 0 Å². The molecule has 0 aromatic carbocycles. The Bertz CT molecular complexity index is 50.5. The first-order chi connectivity index (χ1) is 4.27. The first-order valence-corrected chi connectivity index (χ1v) is 3.84. The summed E-state index contributed by atoms with van der Waals surface area (Å²) in [7, 11) is 0. The minimum atomic E-state index is 0.373. The molecule has 1 nitrogen and oxygen atoms in total.